The summed E-state index contributed by atoms with van der Waals surface area (Å²) in [5, 5.41) is 0. The largest absolute Gasteiger partial charge is 0.368 e. The summed E-state index contributed by atoms with van der Waals surface area (Å²) in [6, 6.07) is 0. The highest BCUT2D eigenvalue weighted by Gasteiger charge is 2.43. The highest BCUT2D eigenvalue weighted by Crippen LogP contribution is 2.40. The van der Waals surface area contributed by atoms with Crippen LogP contribution in [-0.4, -0.2) is 18.0 Å². The van der Waals surface area contributed by atoms with Crippen molar-refractivity contribution in [3.8, 4) is 0 Å². The number of hydrogen-bond acceptors (Lipinski definition) is 2. The Labute approximate surface area is 98.7 Å². The van der Waals surface area contributed by atoms with E-state index >= 15 is 0 Å². The van der Waals surface area contributed by atoms with Crippen LogP contribution in [0.4, 0.5) is 0 Å². The summed E-state index contributed by atoms with van der Waals surface area (Å²) < 4.78 is 5.86. The molecule has 2 fully saturated rings. The quantitative estimate of drug-likeness (QED) is 0.716. The van der Waals surface area contributed by atoms with Crippen LogP contribution >= 0.6 is 0 Å². The van der Waals surface area contributed by atoms with Crippen LogP contribution in [0, 0.1) is 11.8 Å². The normalized spacial score (nSPS) is 35.0. The maximum atomic E-state index is 12.3. The lowest BCUT2D eigenvalue weighted by Crippen LogP contribution is -2.44. The molecule has 0 spiro atoms. The van der Waals surface area contributed by atoms with Crippen LogP contribution in [0.15, 0.2) is 0 Å². The molecule has 0 unspecified atom stereocenters. The zero-order valence-electron chi connectivity index (χ0n) is 10.6. The molecule has 2 heteroatoms. The van der Waals surface area contributed by atoms with E-state index in [4.69, 9.17) is 4.74 Å². The van der Waals surface area contributed by atoms with Crippen molar-refractivity contribution >= 4 is 5.78 Å². The number of hydrogen-bond donors (Lipinski definition) is 0. The Morgan fingerprint density at radius 1 is 1.25 bits per heavy atom. The van der Waals surface area contributed by atoms with Crippen LogP contribution in [0.5, 0.6) is 0 Å². The molecule has 16 heavy (non-hydrogen) atoms. The monoisotopic (exact) mass is 224 g/mol. The number of ether oxygens (including phenoxy) is 1. The van der Waals surface area contributed by atoms with Gasteiger partial charge in [-0.15, -0.1) is 0 Å². The molecular weight excluding hydrogens is 200 g/mol. The Hall–Kier alpha value is -0.370. The van der Waals surface area contributed by atoms with Crippen LogP contribution in [0.3, 0.4) is 0 Å². The predicted molar refractivity (Wildman–Crippen MR) is 64.3 cm³/mol. The van der Waals surface area contributed by atoms with E-state index in [0.717, 1.165) is 38.0 Å². The van der Waals surface area contributed by atoms with Gasteiger partial charge in [-0.1, -0.05) is 6.92 Å². The van der Waals surface area contributed by atoms with Gasteiger partial charge in [0.2, 0.25) is 0 Å². The molecule has 2 saturated carbocycles. The van der Waals surface area contributed by atoms with E-state index in [9.17, 15) is 4.79 Å². The van der Waals surface area contributed by atoms with Crippen molar-refractivity contribution in [3.63, 3.8) is 0 Å². The Bertz CT molecular complexity index is 247. The molecule has 2 aliphatic carbocycles. The molecular formula is C14H24O2. The molecule has 92 valence electrons. The minimum absolute atomic E-state index is 0.392. The van der Waals surface area contributed by atoms with Crippen molar-refractivity contribution in [2.24, 2.45) is 11.8 Å². The summed E-state index contributed by atoms with van der Waals surface area (Å²) in [5.41, 5.74) is -0.399. The van der Waals surface area contributed by atoms with Crippen molar-refractivity contribution in [3.05, 3.63) is 0 Å². The summed E-state index contributed by atoms with van der Waals surface area (Å²) in [4.78, 5) is 12.3. The summed E-state index contributed by atoms with van der Waals surface area (Å²) in [5.74, 6) is 1.84. The molecule has 0 atom stereocenters. The van der Waals surface area contributed by atoms with E-state index in [1.165, 1.54) is 12.8 Å². The summed E-state index contributed by atoms with van der Waals surface area (Å²) in [6.45, 7) is 4.95. The average Bonchev–Trinajstić information content (AvgIpc) is 3.06. The van der Waals surface area contributed by atoms with Gasteiger partial charge in [-0.3, -0.25) is 4.79 Å². The summed E-state index contributed by atoms with van der Waals surface area (Å²) in [6.07, 6.45) is 7.48. The second-order valence-corrected chi connectivity index (χ2v) is 5.68. The Morgan fingerprint density at radius 2 is 1.88 bits per heavy atom. The molecule has 2 rings (SSSR count). The number of carbonyl (C=O) groups excluding carboxylic acids is 1. The van der Waals surface area contributed by atoms with Gasteiger partial charge in [-0.2, -0.15) is 0 Å². The van der Waals surface area contributed by atoms with Gasteiger partial charge < -0.3 is 4.74 Å². The van der Waals surface area contributed by atoms with E-state index in [2.05, 4.69) is 6.92 Å². The predicted octanol–water partition coefficient (Wildman–Crippen LogP) is 3.34. The fourth-order valence-electron chi connectivity index (χ4n) is 2.78. The molecule has 0 aromatic rings. The van der Waals surface area contributed by atoms with Crippen molar-refractivity contribution in [2.45, 2.75) is 64.4 Å². The van der Waals surface area contributed by atoms with Crippen LogP contribution in [0.25, 0.3) is 0 Å². The van der Waals surface area contributed by atoms with Crippen molar-refractivity contribution in [1.29, 1.82) is 0 Å². The van der Waals surface area contributed by atoms with Gasteiger partial charge in [0, 0.05) is 13.0 Å². The fourth-order valence-corrected chi connectivity index (χ4v) is 2.78. The zero-order valence-corrected chi connectivity index (χ0v) is 10.6. The second kappa shape index (κ2) is 4.87. The molecule has 0 amide bonds. The molecule has 2 nitrogen and oxygen atoms in total. The van der Waals surface area contributed by atoms with E-state index in [1.807, 2.05) is 6.92 Å². The average molecular weight is 224 g/mol. The number of carbonyl (C=O) groups is 1. The molecule has 0 aliphatic heterocycles. The molecule has 0 heterocycles. The van der Waals surface area contributed by atoms with Crippen molar-refractivity contribution in [2.75, 3.05) is 6.61 Å². The minimum Gasteiger partial charge on any atom is -0.368 e. The summed E-state index contributed by atoms with van der Waals surface area (Å²) >= 11 is 0. The van der Waals surface area contributed by atoms with Gasteiger partial charge in [0.15, 0.2) is 5.78 Å². The Morgan fingerprint density at radius 3 is 2.38 bits per heavy atom. The van der Waals surface area contributed by atoms with Crippen LogP contribution in [0.2, 0.25) is 0 Å². The minimum atomic E-state index is -0.399. The molecule has 0 aromatic carbocycles. The van der Waals surface area contributed by atoms with Gasteiger partial charge in [0.25, 0.3) is 0 Å². The van der Waals surface area contributed by atoms with E-state index < -0.39 is 5.60 Å². The first-order chi connectivity index (χ1) is 7.66. The molecule has 0 aromatic heterocycles. The van der Waals surface area contributed by atoms with E-state index in [-0.39, 0.29) is 0 Å². The van der Waals surface area contributed by atoms with Crippen molar-refractivity contribution < 1.29 is 9.53 Å². The fraction of sp³-hybridized carbons (Fsp3) is 0.929. The molecule has 0 radical (unpaired) electrons. The van der Waals surface area contributed by atoms with Crippen molar-refractivity contribution in [1.82, 2.24) is 0 Å². The van der Waals surface area contributed by atoms with E-state index in [0.29, 0.717) is 18.3 Å². The summed E-state index contributed by atoms with van der Waals surface area (Å²) in [7, 11) is 0. The van der Waals surface area contributed by atoms with Crippen LogP contribution < -0.4 is 0 Å². The van der Waals surface area contributed by atoms with Gasteiger partial charge in [0.05, 0.1) is 0 Å². The SMILES string of the molecule is CCOC1(C(=O)CC2CC2)CCC(C)CC1. The lowest BCUT2D eigenvalue weighted by molar-refractivity contribution is -0.150. The highest BCUT2D eigenvalue weighted by atomic mass is 16.5. The van der Waals surface area contributed by atoms with Gasteiger partial charge in [-0.25, -0.2) is 0 Å². The van der Waals surface area contributed by atoms with Crippen LogP contribution in [0.1, 0.15) is 58.8 Å². The van der Waals surface area contributed by atoms with E-state index in [1.54, 1.807) is 0 Å². The first-order valence-corrected chi connectivity index (χ1v) is 6.83. The maximum absolute atomic E-state index is 12.3. The molecule has 0 N–H and O–H groups in total. The third kappa shape index (κ3) is 2.65. The smallest absolute Gasteiger partial charge is 0.164 e. The Balaban J connectivity index is 1.98. The molecule has 0 bridgehead atoms. The van der Waals surface area contributed by atoms with Gasteiger partial charge in [-0.05, 0) is 57.3 Å². The third-order valence-corrected chi connectivity index (χ3v) is 4.18. The standard InChI is InChI=1S/C14H24O2/c1-3-16-14(8-6-11(2)7-9-14)13(15)10-12-4-5-12/h11-12H,3-10H2,1-2H3. The first kappa shape index (κ1) is 12.1. The number of rotatable bonds is 5. The number of Topliss-reactive ketones (excluding diaryl/α,β-unsaturated/α-hetero) is 1. The lowest BCUT2D eigenvalue weighted by Gasteiger charge is -2.38. The first-order valence-electron chi connectivity index (χ1n) is 6.83. The highest BCUT2D eigenvalue weighted by molar-refractivity contribution is 5.87. The zero-order chi connectivity index (χ0) is 11.6. The third-order valence-electron chi connectivity index (χ3n) is 4.18. The van der Waals surface area contributed by atoms with Crippen LogP contribution in [-0.2, 0) is 9.53 Å². The molecule has 0 saturated heterocycles. The molecule has 2 aliphatic rings. The topological polar surface area (TPSA) is 26.3 Å². The van der Waals surface area contributed by atoms with Gasteiger partial charge >= 0.3 is 0 Å². The maximum Gasteiger partial charge on any atom is 0.164 e. The lowest BCUT2D eigenvalue weighted by atomic mass is 9.76. The second-order valence-electron chi connectivity index (χ2n) is 5.68. The van der Waals surface area contributed by atoms with Gasteiger partial charge in [0.1, 0.15) is 5.60 Å². The number of ketones is 1. The Kier molecular flexibility index (Phi) is 3.68.